The maximum absolute atomic E-state index is 14.4. The van der Waals surface area contributed by atoms with Gasteiger partial charge in [-0.2, -0.15) is 0 Å². The minimum absolute atomic E-state index is 0.408. The fourth-order valence-electron chi connectivity index (χ4n) is 7.44. The summed E-state index contributed by atoms with van der Waals surface area (Å²) in [6.45, 7) is -1.25. The van der Waals surface area contributed by atoms with Crippen molar-refractivity contribution in [2.45, 2.75) is 30.7 Å². The van der Waals surface area contributed by atoms with Crippen LogP contribution in [0.15, 0.2) is 36.4 Å². The highest BCUT2D eigenvalue weighted by Gasteiger charge is 2.56. The second kappa shape index (κ2) is 15.6. The standard InChI is InChI=1S/C41H28O26/c42-13-1-8(2-14(43)24(13)48)36(57)67-41-35-34(65-39(60)11-5-17(46)27(51)31(55)22(11)23-12(40(61)66-35)6-18(47)28(52)32(23)56)33-19(63-41)7-62-37(58)9-3-15(44)25(49)29(53)20(9)21-10(38(59)64-33)4-16(45)26(50)30(21)54/h1-6,19,33-35,41-56H,7H2/t19-,33+,34+,35-,41-/m1/s1. The molecule has 1 fully saturated rings. The summed E-state index contributed by atoms with van der Waals surface area (Å²) in [6, 6.07) is 2.84. The van der Waals surface area contributed by atoms with E-state index in [2.05, 4.69) is 0 Å². The summed E-state index contributed by atoms with van der Waals surface area (Å²) in [5.41, 5.74) is -9.31. The number of phenolic OH excluding ortho intramolecular Hbond substituents is 15. The van der Waals surface area contributed by atoms with Crippen molar-refractivity contribution in [3.8, 4) is 108 Å². The third kappa shape index (κ3) is 6.91. The molecule has 0 spiro atoms. The predicted molar refractivity (Wildman–Crippen MR) is 207 cm³/mol. The van der Waals surface area contributed by atoms with Crippen LogP contribution in [0, 0.1) is 0 Å². The van der Waals surface area contributed by atoms with Gasteiger partial charge in [0.15, 0.2) is 75.5 Å². The average Bonchev–Trinajstić information content (AvgIpc) is 3.29. The van der Waals surface area contributed by atoms with Crippen molar-refractivity contribution in [1.82, 2.24) is 0 Å². The van der Waals surface area contributed by atoms with Crippen LogP contribution in [0.4, 0.5) is 0 Å². The number of ether oxygens (including phenoxy) is 6. The van der Waals surface area contributed by atoms with Crippen LogP contribution in [0.1, 0.15) is 51.8 Å². The van der Waals surface area contributed by atoms with Crippen LogP contribution < -0.4 is 0 Å². The molecule has 348 valence electrons. The van der Waals surface area contributed by atoms with Gasteiger partial charge in [0.2, 0.25) is 35.4 Å². The number of aromatic hydroxyl groups is 15. The highest BCUT2D eigenvalue weighted by molar-refractivity contribution is 6.10. The van der Waals surface area contributed by atoms with Crippen LogP contribution in [-0.4, -0.2) is 144 Å². The molecular formula is C41H28O26. The highest BCUT2D eigenvalue weighted by Crippen LogP contribution is 2.55. The summed E-state index contributed by atoms with van der Waals surface area (Å²) in [5, 5.41) is 158. The van der Waals surface area contributed by atoms with Crippen molar-refractivity contribution in [2.75, 3.05) is 6.61 Å². The van der Waals surface area contributed by atoms with E-state index in [9.17, 15) is 101 Å². The SMILES string of the molecule is O=C(O[C@H]1O[C@@H]2COC(=O)c3cc(O)c(O)c(O)c3-c3c(cc(O)c(O)c3O)C(=O)O[C@@H]2[C@@H]2OC(=O)c3cc(O)c(O)c(O)c3-c3c(cc(O)c(O)c3O)C(=O)O[C@@H]12)c1cc(O)c(O)c(O)c1. The third-order valence-corrected chi connectivity index (χ3v) is 10.6. The van der Waals surface area contributed by atoms with Crippen molar-refractivity contribution >= 4 is 29.8 Å². The van der Waals surface area contributed by atoms with Crippen molar-refractivity contribution in [3.05, 3.63) is 64.2 Å². The molecule has 26 nitrogen and oxygen atoms in total. The summed E-state index contributed by atoms with van der Waals surface area (Å²) < 4.78 is 33.6. The molecule has 0 bridgehead atoms. The Morgan fingerprint density at radius 3 is 1.13 bits per heavy atom. The Morgan fingerprint density at radius 1 is 0.418 bits per heavy atom. The maximum atomic E-state index is 14.4. The molecule has 0 radical (unpaired) electrons. The summed E-state index contributed by atoms with van der Waals surface area (Å²) in [4.78, 5) is 70.7. The molecule has 3 heterocycles. The molecule has 3 aliphatic rings. The number of hydrogen-bond acceptors (Lipinski definition) is 26. The Bertz CT molecular complexity index is 3020. The number of rotatable bonds is 2. The molecule has 5 atom stereocenters. The van der Waals surface area contributed by atoms with Crippen molar-refractivity contribution in [1.29, 1.82) is 0 Å². The van der Waals surface area contributed by atoms with Gasteiger partial charge in [-0.05, 0) is 36.4 Å². The van der Waals surface area contributed by atoms with E-state index in [0.29, 0.717) is 36.4 Å². The Hall–Kier alpha value is -9.59. The lowest BCUT2D eigenvalue weighted by Gasteiger charge is -2.44. The molecule has 0 aliphatic carbocycles. The van der Waals surface area contributed by atoms with E-state index >= 15 is 0 Å². The normalized spacial score (nSPS) is 20.0. The van der Waals surface area contributed by atoms with Gasteiger partial charge in [0.05, 0.1) is 27.8 Å². The number of hydrogen-bond donors (Lipinski definition) is 15. The molecule has 0 amide bonds. The van der Waals surface area contributed by atoms with Gasteiger partial charge in [-0.3, -0.25) is 0 Å². The zero-order chi connectivity index (χ0) is 48.8. The maximum Gasteiger partial charge on any atom is 0.340 e. The van der Waals surface area contributed by atoms with Gasteiger partial charge in [0, 0.05) is 22.3 Å². The van der Waals surface area contributed by atoms with Gasteiger partial charge in [-0.25, -0.2) is 24.0 Å². The van der Waals surface area contributed by atoms with Crippen LogP contribution in [0.3, 0.4) is 0 Å². The molecule has 15 N–H and O–H groups in total. The quantitative estimate of drug-likeness (QED) is 0.0679. The number of phenols is 15. The number of cyclic esters (lactones) is 1. The first-order valence-corrected chi connectivity index (χ1v) is 18.6. The molecule has 0 saturated carbocycles. The monoisotopic (exact) mass is 936 g/mol. The van der Waals surface area contributed by atoms with Crippen LogP contribution >= 0.6 is 0 Å². The Morgan fingerprint density at radius 2 is 0.746 bits per heavy atom. The zero-order valence-corrected chi connectivity index (χ0v) is 32.8. The summed E-state index contributed by atoms with van der Waals surface area (Å²) in [7, 11) is 0. The van der Waals surface area contributed by atoms with E-state index in [4.69, 9.17) is 28.4 Å². The lowest BCUT2D eigenvalue weighted by Crippen LogP contribution is -2.63. The van der Waals surface area contributed by atoms with Crippen LogP contribution in [0.2, 0.25) is 0 Å². The molecule has 8 rings (SSSR count). The first-order chi connectivity index (χ1) is 31.5. The first-order valence-electron chi connectivity index (χ1n) is 18.6. The molecule has 0 unspecified atom stereocenters. The molecule has 5 aromatic rings. The van der Waals surface area contributed by atoms with E-state index in [1.54, 1.807) is 0 Å². The molecule has 1 saturated heterocycles. The van der Waals surface area contributed by atoms with Crippen molar-refractivity contribution in [3.63, 3.8) is 0 Å². The molecule has 26 heteroatoms. The summed E-state index contributed by atoms with van der Waals surface area (Å²) in [5.74, 6) is -28.2. The molecular weight excluding hydrogens is 908 g/mol. The Labute approximate surface area is 368 Å². The van der Waals surface area contributed by atoms with Crippen molar-refractivity contribution < 1.29 is 129 Å². The second-order valence-corrected chi connectivity index (χ2v) is 14.6. The van der Waals surface area contributed by atoms with Gasteiger partial charge in [-0.1, -0.05) is 0 Å². The van der Waals surface area contributed by atoms with Gasteiger partial charge in [-0.15, -0.1) is 0 Å². The van der Waals surface area contributed by atoms with Gasteiger partial charge in [0.25, 0.3) is 0 Å². The summed E-state index contributed by atoms with van der Waals surface area (Å²) >= 11 is 0. The number of benzene rings is 5. The number of carbonyl (C=O) groups is 5. The molecule has 0 aromatic heterocycles. The highest BCUT2D eigenvalue weighted by atomic mass is 16.7. The van der Waals surface area contributed by atoms with Gasteiger partial charge >= 0.3 is 29.8 Å². The third-order valence-electron chi connectivity index (χ3n) is 10.6. The molecule has 5 aromatic carbocycles. The zero-order valence-electron chi connectivity index (χ0n) is 32.8. The predicted octanol–water partition coefficient (Wildman–Crippen LogP) is 1.65. The summed E-state index contributed by atoms with van der Waals surface area (Å²) in [6.07, 6.45) is -12.1. The number of esters is 5. The lowest BCUT2D eigenvalue weighted by atomic mass is 9.91. The van der Waals surface area contributed by atoms with E-state index < -0.39 is 203 Å². The van der Waals surface area contributed by atoms with E-state index in [-0.39, 0.29) is 0 Å². The lowest BCUT2D eigenvalue weighted by molar-refractivity contribution is -0.282. The minimum atomic E-state index is -2.53. The van der Waals surface area contributed by atoms with Crippen LogP contribution in [0.25, 0.3) is 22.3 Å². The molecule has 3 aliphatic heterocycles. The van der Waals surface area contributed by atoms with E-state index in [0.717, 1.165) is 0 Å². The minimum Gasteiger partial charge on any atom is -0.504 e. The second-order valence-electron chi connectivity index (χ2n) is 14.6. The Kier molecular flexibility index (Phi) is 10.2. The van der Waals surface area contributed by atoms with Crippen molar-refractivity contribution in [2.24, 2.45) is 0 Å². The fourth-order valence-corrected chi connectivity index (χ4v) is 7.44. The largest absolute Gasteiger partial charge is 0.504 e. The van der Waals surface area contributed by atoms with Gasteiger partial charge in [0.1, 0.15) is 12.7 Å². The Balaban J connectivity index is 1.37. The number of carbonyl (C=O) groups excluding carboxylic acids is 5. The number of fused-ring (bicyclic) bond motifs is 9. The first kappa shape index (κ1) is 44.0. The van der Waals surface area contributed by atoms with Gasteiger partial charge < -0.3 is 105 Å². The molecule has 67 heavy (non-hydrogen) atoms. The van der Waals surface area contributed by atoms with Crippen LogP contribution in [0.5, 0.6) is 86.2 Å². The smallest absolute Gasteiger partial charge is 0.340 e. The topological polar surface area (TPSA) is 444 Å². The van der Waals surface area contributed by atoms with E-state index in [1.165, 1.54) is 0 Å². The fraction of sp³-hybridized carbons (Fsp3) is 0.146. The van der Waals surface area contributed by atoms with E-state index in [1.807, 2.05) is 0 Å². The average molecular weight is 937 g/mol. The van der Waals surface area contributed by atoms with Crippen LogP contribution in [-0.2, 0) is 28.4 Å².